The van der Waals surface area contributed by atoms with E-state index in [1.165, 1.54) is 12.8 Å². The van der Waals surface area contributed by atoms with E-state index in [4.69, 9.17) is 22.1 Å². The number of amides is 1. The Balaban J connectivity index is 2.21. The van der Waals surface area contributed by atoms with Crippen LogP contribution in [-0.2, 0) is 4.79 Å². The highest BCUT2D eigenvalue weighted by Crippen LogP contribution is 2.37. The molecule has 0 heterocycles. The summed E-state index contributed by atoms with van der Waals surface area (Å²) in [4.78, 5) is 12.8. The molecule has 116 valence electrons. The fraction of sp³-hybridized carbons (Fsp3) is 0.562. The van der Waals surface area contributed by atoms with Crippen LogP contribution in [-0.4, -0.2) is 19.6 Å². The molecule has 0 saturated heterocycles. The predicted molar refractivity (Wildman–Crippen MR) is 85.8 cm³/mol. The zero-order valence-corrected chi connectivity index (χ0v) is 13.2. The van der Waals surface area contributed by atoms with E-state index in [0.717, 1.165) is 25.7 Å². The fourth-order valence-corrected chi connectivity index (χ4v) is 3.13. The van der Waals surface area contributed by atoms with Gasteiger partial charge in [0.05, 0.1) is 18.2 Å². The molecule has 0 aromatic heterocycles. The molecular formula is C16H23ClN2O2. The number of nitrogens with one attached hydrogen (secondary N) is 1. The number of ether oxygens (including phenoxy) is 1. The van der Waals surface area contributed by atoms with Crippen LogP contribution in [0.5, 0.6) is 5.75 Å². The maximum absolute atomic E-state index is 12.8. The molecule has 3 N–H and O–H groups in total. The van der Waals surface area contributed by atoms with Crippen LogP contribution in [0.15, 0.2) is 18.2 Å². The second-order valence-electron chi connectivity index (χ2n) is 5.70. The first-order valence-electron chi connectivity index (χ1n) is 7.46. The lowest BCUT2D eigenvalue weighted by Crippen LogP contribution is -2.42. The van der Waals surface area contributed by atoms with Crippen LogP contribution in [0.25, 0.3) is 0 Å². The second kappa shape index (κ2) is 7.14. The molecule has 1 fully saturated rings. The average Bonchev–Trinajstić information content (AvgIpc) is 2.74. The predicted octanol–water partition coefficient (Wildman–Crippen LogP) is 3.59. The second-order valence-corrected chi connectivity index (χ2v) is 6.13. The van der Waals surface area contributed by atoms with Gasteiger partial charge in [-0.1, -0.05) is 37.3 Å². The summed E-state index contributed by atoms with van der Waals surface area (Å²) in [7, 11) is 1.57. The van der Waals surface area contributed by atoms with Gasteiger partial charge in [-0.2, -0.15) is 0 Å². The Morgan fingerprint density at radius 3 is 2.57 bits per heavy atom. The molecule has 0 bridgehead atoms. The molecule has 1 aliphatic carbocycles. The molecule has 0 radical (unpaired) electrons. The van der Waals surface area contributed by atoms with Gasteiger partial charge in [-0.15, -0.1) is 0 Å². The van der Waals surface area contributed by atoms with Crippen molar-refractivity contribution in [3.8, 4) is 5.75 Å². The third kappa shape index (κ3) is 3.69. The van der Waals surface area contributed by atoms with Gasteiger partial charge >= 0.3 is 0 Å². The number of hydrogen-bond acceptors (Lipinski definition) is 3. The van der Waals surface area contributed by atoms with E-state index in [2.05, 4.69) is 5.32 Å². The molecule has 4 nitrogen and oxygen atoms in total. The lowest BCUT2D eigenvalue weighted by atomic mass is 9.79. The molecule has 0 aliphatic heterocycles. The normalized spacial score (nSPS) is 17.9. The van der Waals surface area contributed by atoms with Gasteiger partial charge in [-0.05, 0) is 31.0 Å². The first-order chi connectivity index (χ1) is 10.1. The molecule has 1 saturated carbocycles. The summed E-state index contributed by atoms with van der Waals surface area (Å²) in [5, 5.41) is 3.53. The average molecular weight is 311 g/mol. The van der Waals surface area contributed by atoms with Crippen molar-refractivity contribution in [2.45, 2.75) is 38.5 Å². The Labute approximate surface area is 131 Å². The van der Waals surface area contributed by atoms with Gasteiger partial charge in [0.25, 0.3) is 0 Å². The summed E-state index contributed by atoms with van der Waals surface area (Å²) < 4.78 is 5.28. The van der Waals surface area contributed by atoms with E-state index in [9.17, 15) is 4.79 Å². The van der Waals surface area contributed by atoms with Crippen molar-refractivity contribution in [2.75, 3.05) is 19.0 Å². The van der Waals surface area contributed by atoms with Crippen molar-refractivity contribution < 1.29 is 9.53 Å². The highest BCUT2D eigenvalue weighted by atomic mass is 35.5. The quantitative estimate of drug-likeness (QED) is 0.835. The highest BCUT2D eigenvalue weighted by Gasteiger charge is 2.37. The SMILES string of the molecule is COc1ccc(Cl)cc1NC(=O)C1(CN)CCCCCC1. The summed E-state index contributed by atoms with van der Waals surface area (Å²) in [6.45, 7) is 0.377. The molecule has 0 atom stereocenters. The molecule has 0 unspecified atom stereocenters. The first-order valence-corrected chi connectivity index (χ1v) is 7.84. The van der Waals surface area contributed by atoms with Gasteiger partial charge in [-0.3, -0.25) is 4.79 Å². The van der Waals surface area contributed by atoms with E-state index in [1.807, 2.05) is 0 Å². The molecular weight excluding hydrogens is 288 g/mol. The Bertz CT molecular complexity index is 497. The largest absolute Gasteiger partial charge is 0.495 e. The van der Waals surface area contributed by atoms with Crippen LogP contribution in [0.1, 0.15) is 38.5 Å². The summed E-state index contributed by atoms with van der Waals surface area (Å²) >= 11 is 6.01. The standard InChI is InChI=1S/C16H23ClN2O2/c1-21-14-7-6-12(17)10-13(14)19-15(20)16(11-18)8-4-2-3-5-9-16/h6-7,10H,2-5,8-9,11,18H2,1H3,(H,19,20). The number of nitrogens with two attached hydrogens (primary N) is 1. The molecule has 1 aromatic rings. The van der Waals surface area contributed by atoms with Crippen LogP contribution in [0.4, 0.5) is 5.69 Å². The summed E-state index contributed by atoms with van der Waals surface area (Å²) in [5.41, 5.74) is 6.08. The van der Waals surface area contributed by atoms with E-state index in [1.54, 1.807) is 25.3 Å². The van der Waals surface area contributed by atoms with E-state index in [-0.39, 0.29) is 5.91 Å². The van der Waals surface area contributed by atoms with Crippen LogP contribution in [0.2, 0.25) is 5.02 Å². The Hall–Kier alpha value is -1.26. The van der Waals surface area contributed by atoms with Gasteiger partial charge < -0.3 is 15.8 Å². The van der Waals surface area contributed by atoms with E-state index < -0.39 is 5.41 Å². The molecule has 0 spiro atoms. The van der Waals surface area contributed by atoms with Crippen molar-refractivity contribution in [2.24, 2.45) is 11.1 Å². The number of rotatable bonds is 4. The summed E-state index contributed by atoms with van der Waals surface area (Å²) in [6, 6.07) is 5.19. The molecule has 5 heteroatoms. The molecule has 1 amide bonds. The topological polar surface area (TPSA) is 64.3 Å². The minimum atomic E-state index is -0.468. The van der Waals surface area contributed by atoms with Gasteiger partial charge in [0, 0.05) is 11.6 Å². The van der Waals surface area contributed by atoms with Gasteiger partial charge in [-0.25, -0.2) is 0 Å². The fourth-order valence-electron chi connectivity index (χ4n) is 2.96. The third-order valence-corrected chi connectivity index (χ3v) is 4.58. The lowest BCUT2D eigenvalue weighted by Gasteiger charge is -2.30. The Morgan fingerprint density at radius 1 is 1.33 bits per heavy atom. The first kappa shape index (κ1) is 16.1. The zero-order chi connectivity index (χ0) is 15.3. The Morgan fingerprint density at radius 2 is 2.00 bits per heavy atom. The van der Waals surface area contributed by atoms with Crippen molar-refractivity contribution in [1.29, 1.82) is 0 Å². The van der Waals surface area contributed by atoms with Crippen molar-refractivity contribution >= 4 is 23.2 Å². The van der Waals surface area contributed by atoms with Gasteiger partial charge in [0.1, 0.15) is 5.75 Å². The molecule has 1 aromatic carbocycles. The number of benzene rings is 1. The van der Waals surface area contributed by atoms with Crippen molar-refractivity contribution in [3.05, 3.63) is 23.2 Å². The van der Waals surface area contributed by atoms with E-state index >= 15 is 0 Å². The molecule has 21 heavy (non-hydrogen) atoms. The monoisotopic (exact) mass is 310 g/mol. The van der Waals surface area contributed by atoms with Gasteiger partial charge in [0.15, 0.2) is 0 Å². The lowest BCUT2D eigenvalue weighted by molar-refractivity contribution is -0.125. The minimum absolute atomic E-state index is 0.0209. The molecule has 1 aliphatic rings. The number of methoxy groups -OCH3 is 1. The summed E-state index contributed by atoms with van der Waals surface area (Å²) in [5.74, 6) is 0.584. The maximum atomic E-state index is 12.8. The minimum Gasteiger partial charge on any atom is -0.495 e. The molecule has 2 rings (SSSR count). The Kier molecular flexibility index (Phi) is 5.48. The van der Waals surface area contributed by atoms with E-state index in [0.29, 0.717) is 23.0 Å². The number of carbonyl (C=O) groups excluding carboxylic acids is 1. The zero-order valence-electron chi connectivity index (χ0n) is 12.5. The number of anilines is 1. The maximum Gasteiger partial charge on any atom is 0.231 e. The van der Waals surface area contributed by atoms with Crippen molar-refractivity contribution in [3.63, 3.8) is 0 Å². The summed E-state index contributed by atoms with van der Waals surface area (Å²) in [6.07, 6.45) is 6.15. The van der Waals surface area contributed by atoms with Crippen LogP contribution in [0.3, 0.4) is 0 Å². The van der Waals surface area contributed by atoms with Gasteiger partial charge in [0.2, 0.25) is 5.91 Å². The number of hydrogen-bond donors (Lipinski definition) is 2. The van der Waals surface area contributed by atoms with Crippen LogP contribution >= 0.6 is 11.6 Å². The van der Waals surface area contributed by atoms with Crippen LogP contribution in [0, 0.1) is 5.41 Å². The number of halogens is 1. The smallest absolute Gasteiger partial charge is 0.231 e. The highest BCUT2D eigenvalue weighted by molar-refractivity contribution is 6.31. The van der Waals surface area contributed by atoms with Crippen molar-refractivity contribution in [1.82, 2.24) is 0 Å². The third-order valence-electron chi connectivity index (χ3n) is 4.34. The van der Waals surface area contributed by atoms with Crippen LogP contribution < -0.4 is 15.8 Å². The number of carbonyl (C=O) groups is 1.